The number of hydrogen-bond acceptors (Lipinski definition) is 7. The van der Waals surface area contributed by atoms with Crippen molar-refractivity contribution in [3.05, 3.63) is 77.6 Å². The predicted octanol–water partition coefficient (Wildman–Crippen LogP) is 4.85. The monoisotopic (exact) mass is 518 g/mol. The molecule has 3 heterocycles. The number of benzene rings is 2. The summed E-state index contributed by atoms with van der Waals surface area (Å²) in [4.78, 5) is 11.3. The van der Waals surface area contributed by atoms with Gasteiger partial charge in [0.2, 0.25) is 11.8 Å². The van der Waals surface area contributed by atoms with Crippen LogP contribution in [0.2, 0.25) is 0 Å². The molecule has 4 aromatic rings. The molecule has 2 aromatic heterocycles. The highest BCUT2D eigenvalue weighted by Crippen LogP contribution is 2.34. The molecule has 10 heteroatoms. The van der Waals surface area contributed by atoms with Crippen LogP contribution >= 0.6 is 0 Å². The van der Waals surface area contributed by atoms with Crippen LogP contribution in [-0.2, 0) is 17.1 Å². The molecule has 0 spiro atoms. The van der Waals surface area contributed by atoms with Gasteiger partial charge >= 0.3 is 0 Å². The van der Waals surface area contributed by atoms with Gasteiger partial charge < -0.3 is 4.74 Å². The average Bonchev–Trinajstić information content (AvgIpc) is 3.47. The van der Waals surface area contributed by atoms with Crippen molar-refractivity contribution in [1.82, 2.24) is 24.6 Å². The Hall–Kier alpha value is -3.76. The molecule has 192 valence electrons. The normalized spacial score (nSPS) is 16.2. The summed E-state index contributed by atoms with van der Waals surface area (Å²) in [5, 5.41) is 3.96. The standard InChI is InChI=1S/C27H30N6O3S/c1-18-8-5-9-19(2)26(18)23-15-25(30-27(29-23)31-37(34,35)22-16-28-33(4)17-22)36-21-11-6-10-20(14-21)24-12-7-13-32(24)3/h5-6,8-11,14-17,24H,7,12-13H2,1-4H3,(H,29,30,31). The van der Waals surface area contributed by atoms with Crippen LogP contribution in [-0.4, -0.2) is 46.7 Å². The zero-order valence-electron chi connectivity index (χ0n) is 21.3. The maximum Gasteiger partial charge on any atom is 0.267 e. The fraction of sp³-hybridized carbons (Fsp3) is 0.296. The summed E-state index contributed by atoms with van der Waals surface area (Å²) in [6.45, 7) is 5.05. The third-order valence-corrected chi connectivity index (χ3v) is 7.93. The van der Waals surface area contributed by atoms with E-state index in [1.807, 2.05) is 50.2 Å². The molecule has 1 unspecified atom stereocenters. The number of likely N-dealkylation sites (tertiary alicyclic amines) is 1. The first-order chi connectivity index (χ1) is 17.7. The van der Waals surface area contributed by atoms with Crippen molar-refractivity contribution in [3.63, 3.8) is 0 Å². The van der Waals surface area contributed by atoms with E-state index in [4.69, 9.17) is 4.74 Å². The summed E-state index contributed by atoms with van der Waals surface area (Å²) in [6.07, 6.45) is 4.96. The Morgan fingerprint density at radius 1 is 1.03 bits per heavy atom. The summed E-state index contributed by atoms with van der Waals surface area (Å²) in [7, 11) is -0.159. The van der Waals surface area contributed by atoms with E-state index < -0.39 is 10.0 Å². The highest BCUT2D eigenvalue weighted by Gasteiger charge is 2.23. The lowest BCUT2D eigenvalue weighted by Gasteiger charge is -2.20. The second-order valence-corrected chi connectivity index (χ2v) is 11.1. The molecule has 1 N–H and O–H groups in total. The van der Waals surface area contributed by atoms with E-state index in [1.165, 1.54) is 22.6 Å². The summed E-state index contributed by atoms with van der Waals surface area (Å²) in [6, 6.07) is 16.0. The number of nitrogens with zero attached hydrogens (tertiary/aromatic N) is 5. The van der Waals surface area contributed by atoms with Gasteiger partial charge in [-0.3, -0.25) is 9.58 Å². The van der Waals surface area contributed by atoms with Crippen molar-refractivity contribution < 1.29 is 13.2 Å². The highest BCUT2D eigenvalue weighted by atomic mass is 32.2. The van der Waals surface area contributed by atoms with Gasteiger partial charge in [-0.05, 0) is 69.1 Å². The first-order valence-electron chi connectivity index (χ1n) is 12.1. The molecule has 1 saturated heterocycles. The van der Waals surface area contributed by atoms with Crippen LogP contribution in [0.5, 0.6) is 11.6 Å². The lowest BCUT2D eigenvalue weighted by molar-refractivity contribution is 0.316. The number of hydrogen-bond donors (Lipinski definition) is 1. The molecule has 0 amide bonds. The van der Waals surface area contributed by atoms with Gasteiger partial charge in [0.25, 0.3) is 10.0 Å². The maximum atomic E-state index is 13.0. The molecule has 0 radical (unpaired) electrons. The molecule has 9 nitrogen and oxygen atoms in total. The largest absolute Gasteiger partial charge is 0.439 e. The number of anilines is 1. The second-order valence-electron chi connectivity index (χ2n) is 9.45. The number of rotatable bonds is 7. The minimum Gasteiger partial charge on any atom is -0.439 e. The smallest absolute Gasteiger partial charge is 0.267 e. The van der Waals surface area contributed by atoms with Crippen molar-refractivity contribution in [1.29, 1.82) is 0 Å². The molecular weight excluding hydrogens is 488 g/mol. The van der Waals surface area contributed by atoms with Gasteiger partial charge in [-0.25, -0.2) is 18.1 Å². The SMILES string of the molecule is Cc1cccc(C)c1-c1cc(Oc2cccc(C3CCCN3C)c2)nc(NS(=O)(=O)c2cnn(C)c2)n1. The average molecular weight is 519 g/mol. The molecule has 0 saturated carbocycles. The lowest BCUT2D eigenvalue weighted by atomic mass is 10.00. The molecule has 37 heavy (non-hydrogen) atoms. The van der Waals surface area contributed by atoms with E-state index in [-0.39, 0.29) is 16.7 Å². The number of nitrogens with one attached hydrogen (secondary N) is 1. The molecule has 5 rings (SSSR count). The molecule has 0 aliphatic carbocycles. The molecule has 1 aliphatic heterocycles. The molecule has 1 fully saturated rings. The Morgan fingerprint density at radius 2 is 1.78 bits per heavy atom. The van der Waals surface area contributed by atoms with Gasteiger partial charge in [0, 0.05) is 30.9 Å². The zero-order chi connectivity index (χ0) is 26.2. The van der Waals surface area contributed by atoms with Gasteiger partial charge in [0.15, 0.2) is 0 Å². The van der Waals surface area contributed by atoms with Crippen molar-refractivity contribution in [2.45, 2.75) is 37.6 Å². The van der Waals surface area contributed by atoms with Crippen molar-refractivity contribution in [2.24, 2.45) is 7.05 Å². The Bertz CT molecular complexity index is 1530. The van der Waals surface area contributed by atoms with Gasteiger partial charge in [-0.2, -0.15) is 10.1 Å². The molecule has 2 aromatic carbocycles. The van der Waals surface area contributed by atoms with Crippen LogP contribution in [0.3, 0.4) is 0 Å². The van der Waals surface area contributed by atoms with Gasteiger partial charge in [-0.15, -0.1) is 0 Å². The molecule has 1 aliphatic rings. The maximum absolute atomic E-state index is 13.0. The third-order valence-electron chi connectivity index (χ3n) is 6.64. The van der Waals surface area contributed by atoms with E-state index in [1.54, 1.807) is 13.1 Å². The van der Waals surface area contributed by atoms with Crippen LogP contribution in [0.1, 0.15) is 35.6 Å². The van der Waals surface area contributed by atoms with Gasteiger partial charge in [0.1, 0.15) is 10.6 Å². The summed E-state index contributed by atoms with van der Waals surface area (Å²) in [5.41, 5.74) is 4.67. The van der Waals surface area contributed by atoms with Gasteiger partial charge in [-0.1, -0.05) is 30.3 Å². The van der Waals surface area contributed by atoms with Crippen LogP contribution < -0.4 is 9.46 Å². The summed E-state index contributed by atoms with van der Waals surface area (Å²) < 4.78 is 36.1. The van der Waals surface area contributed by atoms with E-state index in [2.05, 4.69) is 37.8 Å². The van der Waals surface area contributed by atoms with Crippen LogP contribution in [0.15, 0.2) is 65.8 Å². The first-order valence-corrected chi connectivity index (χ1v) is 13.6. The minimum atomic E-state index is -3.94. The fourth-order valence-electron chi connectivity index (χ4n) is 4.82. The van der Waals surface area contributed by atoms with E-state index in [0.717, 1.165) is 36.1 Å². The summed E-state index contributed by atoms with van der Waals surface area (Å²) >= 11 is 0. The Labute approximate surface area is 217 Å². The molecule has 0 bridgehead atoms. The topological polar surface area (TPSA) is 102 Å². The number of ether oxygens (including phenoxy) is 1. The van der Waals surface area contributed by atoms with Crippen LogP contribution in [0.25, 0.3) is 11.3 Å². The minimum absolute atomic E-state index is 0.0203. The zero-order valence-corrected chi connectivity index (χ0v) is 22.2. The van der Waals surface area contributed by atoms with Crippen molar-refractivity contribution in [3.8, 4) is 22.9 Å². The molecular formula is C27H30N6O3S. The number of aryl methyl sites for hydroxylation is 3. The first kappa shape index (κ1) is 24.9. The quantitative estimate of drug-likeness (QED) is 0.373. The van der Waals surface area contributed by atoms with Gasteiger partial charge in [0.05, 0.1) is 11.9 Å². The molecule has 1 atom stereocenters. The van der Waals surface area contributed by atoms with E-state index in [9.17, 15) is 8.42 Å². The predicted molar refractivity (Wildman–Crippen MR) is 142 cm³/mol. The van der Waals surface area contributed by atoms with Crippen LogP contribution in [0, 0.1) is 13.8 Å². The Kier molecular flexibility index (Phi) is 6.70. The third kappa shape index (κ3) is 5.35. The number of aromatic nitrogens is 4. The highest BCUT2D eigenvalue weighted by molar-refractivity contribution is 7.92. The summed E-state index contributed by atoms with van der Waals surface area (Å²) in [5.74, 6) is 0.796. The Morgan fingerprint density at radius 3 is 2.46 bits per heavy atom. The Balaban J connectivity index is 1.54. The lowest BCUT2D eigenvalue weighted by Crippen LogP contribution is -2.17. The second kappa shape index (κ2) is 9.95. The van der Waals surface area contributed by atoms with Crippen molar-refractivity contribution >= 4 is 16.0 Å². The van der Waals surface area contributed by atoms with E-state index in [0.29, 0.717) is 17.5 Å². The fourth-order valence-corrected chi connectivity index (χ4v) is 5.75. The van der Waals surface area contributed by atoms with Crippen molar-refractivity contribution in [2.75, 3.05) is 18.3 Å². The number of sulfonamides is 1. The van der Waals surface area contributed by atoms with Crippen LogP contribution in [0.4, 0.5) is 5.95 Å². The van der Waals surface area contributed by atoms with E-state index >= 15 is 0 Å².